The van der Waals surface area contributed by atoms with Gasteiger partial charge in [-0.1, -0.05) is 50.3 Å². The van der Waals surface area contributed by atoms with Crippen molar-refractivity contribution in [3.8, 4) is 28.7 Å². The Morgan fingerprint density at radius 1 is 1.08 bits per heavy atom. The van der Waals surface area contributed by atoms with Crippen LogP contribution in [0.5, 0.6) is 0 Å². The van der Waals surface area contributed by atoms with Gasteiger partial charge in [-0.15, -0.1) is 0 Å². The molecule has 2 aromatic heterocycles. The lowest BCUT2D eigenvalue weighted by molar-refractivity contribution is -0.121. The molecule has 0 saturated heterocycles. The number of carbonyl (C=O) groups excluding carboxylic acids is 1. The first-order valence-electron chi connectivity index (χ1n) is 12.5. The number of aryl methyl sites for hydroxylation is 1. The van der Waals surface area contributed by atoms with Crippen molar-refractivity contribution in [1.29, 1.82) is 5.26 Å². The van der Waals surface area contributed by atoms with Crippen LogP contribution in [-0.2, 0) is 16.6 Å². The number of aromatic nitrogens is 3. The Morgan fingerprint density at radius 2 is 1.89 bits per heavy atom. The van der Waals surface area contributed by atoms with E-state index in [-0.39, 0.29) is 29.0 Å². The Hall–Kier alpha value is -4.24. The second-order valence-electron chi connectivity index (χ2n) is 10.3. The number of nitrogens with zero attached hydrogens (tertiary/aromatic N) is 4. The topological polar surface area (TPSA) is 79.5 Å². The third-order valence-corrected chi connectivity index (χ3v) is 8.18. The van der Waals surface area contributed by atoms with E-state index < -0.39 is 5.41 Å². The van der Waals surface area contributed by atoms with Crippen LogP contribution in [-0.4, -0.2) is 20.7 Å². The summed E-state index contributed by atoms with van der Waals surface area (Å²) in [6.45, 7) is 5.96. The summed E-state index contributed by atoms with van der Waals surface area (Å²) < 4.78 is 15.2. The summed E-state index contributed by atoms with van der Waals surface area (Å²) in [6, 6.07) is 16.6. The molecule has 2 aliphatic rings. The molecule has 0 radical (unpaired) electrons. The van der Waals surface area contributed by atoms with E-state index in [9.17, 15) is 10.1 Å². The van der Waals surface area contributed by atoms with Crippen molar-refractivity contribution in [2.24, 2.45) is 11.8 Å². The van der Waals surface area contributed by atoms with Crippen LogP contribution in [0.25, 0.3) is 33.5 Å². The fourth-order valence-corrected chi connectivity index (χ4v) is 6.29. The summed E-state index contributed by atoms with van der Waals surface area (Å²) in [7, 11) is 0. The molecule has 0 spiro atoms. The van der Waals surface area contributed by atoms with Crippen LogP contribution in [0.2, 0.25) is 0 Å². The third-order valence-electron chi connectivity index (χ3n) is 8.18. The van der Waals surface area contributed by atoms with Gasteiger partial charge in [-0.2, -0.15) is 5.26 Å². The van der Waals surface area contributed by atoms with Crippen molar-refractivity contribution in [1.82, 2.24) is 15.0 Å². The van der Waals surface area contributed by atoms with Crippen molar-refractivity contribution in [3.63, 3.8) is 0 Å². The second kappa shape index (κ2) is 8.41. The van der Waals surface area contributed by atoms with E-state index >= 15 is 4.39 Å². The predicted molar refractivity (Wildman–Crippen MR) is 140 cm³/mol. The number of benzene rings is 2. The SMILES string of the molecule is Cc1cccc2c(-c3nc(-c4ccccc4F)c4c(n3)[C@]3(C)C=C(C#N)C(=O)[C@H](C)[C@H]3CC4)ccnc12. The number of nitriles is 1. The van der Waals surface area contributed by atoms with Gasteiger partial charge >= 0.3 is 0 Å². The van der Waals surface area contributed by atoms with Gasteiger partial charge < -0.3 is 0 Å². The minimum atomic E-state index is -0.664. The molecule has 182 valence electrons. The second-order valence-corrected chi connectivity index (χ2v) is 10.3. The highest BCUT2D eigenvalue weighted by Gasteiger charge is 2.49. The molecular formula is C31H25FN4O. The van der Waals surface area contributed by atoms with E-state index in [1.165, 1.54) is 6.07 Å². The molecule has 0 bridgehead atoms. The first-order chi connectivity index (χ1) is 17.8. The van der Waals surface area contributed by atoms with Crippen LogP contribution in [0.4, 0.5) is 4.39 Å². The van der Waals surface area contributed by atoms with Gasteiger partial charge in [0.1, 0.15) is 11.9 Å². The Morgan fingerprint density at radius 3 is 2.68 bits per heavy atom. The first kappa shape index (κ1) is 23.2. The Labute approximate surface area is 214 Å². The summed E-state index contributed by atoms with van der Waals surface area (Å²) in [5, 5.41) is 10.7. The number of allylic oxidation sites excluding steroid dienone is 2. The highest BCUT2D eigenvalue weighted by atomic mass is 19.1. The number of rotatable bonds is 2. The number of fused-ring (bicyclic) bond motifs is 4. The lowest BCUT2D eigenvalue weighted by atomic mass is 9.57. The van der Waals surface area contributed by atoms with Crippen molar-refractivity contribution in [2.75, 3.05) is 0 Å². The van der Waals surface area contributed by atoms with Gasteiger partial charge in [-0.3, -0.25) is 9.78 Å². The molecule has 4 aromatic rings. The summed E-state index contributed by atoms with van der Waals surface area (Å²) in [5.41, 5.74) is 4.83. The third kappa shape index (κ3) is 3.41. The molecule has 0 saturated carbocycles. The maximum absolute atomic E-state index is 15.2. The molecule has 0 unspecified atom stereocenters. The Kier molecular flexibility index (Phi) is 5.27. The number of halogens is 1. The van der Waals surface area contributed by atoms with Crippen molar-refractivity contribution < 1.29 is 9.18 Å². The molecule has 3 atom stereocenters. The average Bonchev–Trinajstić information content (AvgIpc) is 2.90. The van der Waals surface area contributed by atoms with Crippen LogP contribution in [0.1, 0.15) is 37.1 Å². The standard InChI is InChI=1S/C31H25FN4O/c1-17-7-6-9-20-21(13-14-34-26(17)20)30-35-27(22-8-4-5-10-25(22)32)23-11-12-24-18(2)28(37)19(16-33)15-31(24,3)29(23)36-30/h4-10,13-15,18,24H,11-12H2,1-3H3/t18-,24-,31-/m1/s1. The molecule has 0 aliphatic heterocycles. The number of Topliss-reactive ketones (excluding diaryl/α,β-unsaturated/α-hetero) is 1. The van der Waals surface area contributed by atoms with E-state index in [0.717, 1.165) is 39.7 Å². The fraction of sp³-hybridized carbons (Fsp3) is 0.258. The summed E-state index contributed by atoms with van der Waals surface area (Å²) >= 11 is 0. The summed E-state index contributed by atoms with van der Waals surface area (Å²) in [6.07, 6.45) is 4.89. The van der Waals surface area contributed by atoms with E-state index in [0.29, 0.717) is 23.5 Å². The van der Waals surface area contributed by atoms with Gasteiger partial charge in [0.05, 0.1) is 22.5 Å². The van der Waals surface area contributed by atoms with Crippen LogP contribution < -0.4 is 0 Å². The van der Waals surface area contributed by atoms with Crippen molar-refractivity contribution >= 4 is 16.7 Å². The zero-order valence-electron chi connectivity index (χ0n) is 20.9. The van der Waals surface area contributed by atoms with Gasteiger partial charge in [0.25, 0.3) is 0 Å². The van der Waals surface area contributed by atoms with Crippen LogP contribution in [0.15, 0.2) is 66.4 Å². The normalized spacial score (nSPS) is 22.7. The Bertz CT molecular complexity index is 1680. The monoisotopic (exact) mass is 488 g/mol. The van der Waals surface area contributed by atoms with E-state index in [1.54, 1.807) is 30.5 Å². The Balaban J connectivity index is 1.70. The number of hydrogen-bond acceptors (Lipinski definition) is 5. The van der Waals surface area contributed by atoms with Crippen LogP contribution in [0.3, 0.4) is 0 Å². The number of ketones is 1. The van der Waals surface area contributed by atoms with Crippen LogP contribution >= 0.6 is 0 Å². The minimum absolute atomic E-state index is 0.0164. The molecule has 0 N–H and O–H groups in total. The van der Waals surface area contributed by atoms with E-state index in [2.05, 4.69) is 11.1 Å². The molecule has 0 amide bonds. The highest BCUT2D eigenvalue weighted by Crippen LogP contribution is 2.51. The van der Waals surface area contributed by atoms with Gasteiger partial charge in [0.15, 0.2) is 11.6 Å². The van der Waals surface area contributed by atoms with Crippen LogP contribution in [0, 0.1) is 35.9 Å². The maximum Gasteiger partial charge on any atom is 0.176 e. The maximum atomic E-state index is 15.2. The number of carbonyl (C=O) groups is 1. The molecule has 6 rings (SSSR count). The molecule has 37 heavy (non-hydrogen) atoms. The predicted octanol–water partition coefficient (Wildman–Crippen LogP) is 6.30. The van der Waals surface area contributed by atoms with Gasteiger partial charge in [0.2, 0.25) is 0 Å². The largest absolute Gasteiger partial charge is 0.293 e. The molecule has 2 aliphatic carbocycles. The minimum Gasteiger partial charge on any atom is -0.293 e. The van der Waals surface area contributed by atoms with Crippen molar-refractivity contribution in [3.05, 3.63) is 89.0 Å². The van der Waals surface area contributed by atoms with Gasteiger partial charge in [-0.05, 0) is 49.4 Å². The fourth-order valence-electron chi connectivity index (χ4n) is 6.29. The first-order valence-corrected chi connectivity index (χ1v) is 12.5. The number of para-hydroxylation sites is 1. The molecule has 6 heteroatoms. The van der Waals surface area contributed by atoms with Crippen molar-refractivity contribution in [2.45, 2.75) is 39.0 Å². The average molecular weight is 489 g/mol. The summed E-state index contributed by atoms with van der Waals surface area (Å²) in [4.78, 5) is 27.6. The lowest BCUT2D eigenvalue weighted by Gasteiger charge is -2.45. The van der Waals surface area contributed by atoms with Gasteiger partial charge in [0, 0.05) is 39.6 Å². The quantitative estimate of drug-likeness (QED) is 0.331. The van der Waals surface area contributed by atoms with Gasteiger partial charge in [-0.25, -0.2) is 14.4 Å². The number of pyridine rings is 1. The molecule has 2 heterocycles. The highest BCUT2D eigenvalue weighted by molar-refractivity contribution is 6.02. The number of hydrogen-bond donors (Lipinski definition) is 0. The van der Waals surface area contributed by atoms with E-state index in [4.69, 9.17) is 9.97 Å². The smallest absolute Gasteiger partial charge is 0.176 e. The lowest BCUT2D eigenvalue weighted by Crippen LogP contribution is -2.46. The molecule has 5 nitrogen and oxygen atoms in total. The molecule has 0 fully saturated rings. The van der Waals surface area contributed by atoms with E-state index in [1.807, 2.05) is 45.0 Å². The zero-order valence-corrected chi connectivity index (χ0v) is 20.9. The molecular weight excluding hydrogens is 463 g/mol. The molecule has 2 aromatic carbocycles. The zero-order chi connectivity index (χ0) is 25.9. The summed E-state index contributed by atoms with van der Waals surface area (Å²) in [5.74, 6) is -0.312.